The van der Waals surface area contributed by atoms with Gasteiger partial charge in [-0.25, -0.2) is 4.79 Å². The molecule has 5 nitrogen and oxygen atoms in total. The van der Waals surface area contributed by atoms with Crippen LogP contribution in [0, 0.1) is 6.92 Å². The third-order valence-electron chi connectivity index (χ3n) is 3.18. The molecule has 0 saturated heterocycles. The number of hydrogen-bond donors (Lipinski definition) is 1. The van der Waals surface area contributed by atoms with Crippen molar-refractivity contribution in [3.63, 3.8) is 0 Å². The molecule has 100 valence electrons. The molecule has 19 heavy (non-hydrogen) atoms. The molecule has 0 atom stereocenters. The lowest BCUT2D eigenvalue weighted by molar-refractivity contribution is -0.145. The average Bonchev–Trinajstić information content (AvgIpc) is 2.72. The normalized spacial score (nSPS) is 11.5. The van der Waals surface area contributed by atoms with E-state index in [0.717, 1.165) is 5.56 Å². The first-order valence-electron chi connectivity index (χ1n) is 6.11. The van der Waals surface area contributed by atoms with Crippen LogP contribution in [0.25, 0.3) is 0 Å². The van der Waals surface area contributed by atoms with Crippen LogP contribution in [-0.2, 0) is 16.8 Å². The zero-order chi connectivity index (χ0) is 14.0. The molecular formula is C14H17N3O2. The Kier molecular flexibility index (Phi) is 3.38. The summed E-state index contributed by atoms with van der Waals surface area (Å²) in [6.45, 7) is 5.08. The first-order chi connectivity index (χ1) is 8.93. The fourth-order valence-electron chi connectivity index (χ4n) is 2.12. The van der Waals surface area contributed by atoms with E-state index in [-0.39, 0.29) is 0 Å². The van der Waals surface area contributed by atoms with E-state index < -0.39 is 11.5 Å². The molecule has 1 aromatic carbocycles. The van der Waals surface area contributed by atoms with E-state index >= 15 is 0 Å². The molecule has 1 N–H and O–H groups in total. The second kappa shape index (κ2) is 4.84. The Hall–Kier alpha value is -2.17. The molecular weight excluding hydrogens is 242 g/mol. The van der Waals surface area contributed by atoms with Crippen molar-refractivity contribution in [2.45, 2.75) is 32.7 Å². The van der Waals surface area contributed by atoms with Gasteiger partial charge in [0.25, 0.3) is 0 Å². The molecule has 0 aliphatic heterocycles. The van der Waals surface area contributed by atoms with Gasteiger partial charge in [-0.2, -0.15) is 0 Å². The highest BCUT2D eigenvalue weighted by Gasteiger charge is 2.33. The number of hydrogen-bond acceptors (Lipinski definition) is 3. The van der Waals surface area contributed by atoms with Gasteiger partial charge in [-0.05, 0) is 26.3 Å². The fourth-order valence-corrected chi connectivity index (χ4v) is 2.12. The number of aliphatic carboxylic acids is 1. The monoisotopic (exact) mass is 259 g/mol. The van der Waals surface area contributed by atoms with Gasteiger partial charge in [-0.1, -0.05) is 30.3 Å². The molecule has 0 bridgehead atoms. The highest BCUT2D eigenvalue weighted by Crippen LogP contribution is 2.21. The van der Waals surface area contributed by atoms with E-state index in [4.69, 9.17) is 0 Å². The quantitative estimate of drug-likeness (QED) is 0.911. The second-order valence-electron chi connectivity index (χ2n) is 5.03. The summed E-state index contributed by atoms with van der Waals surface area (Å²) in [5.74, 6) is 0.374. The summed E-state index contributed by atoms with van der Waals surface area (Å²) < 4.78 is 1.68. The Morgan fingerprint density at radius 2 is 1.89 bits per heavy atom. The minimum Gasteiger partial charge on any atom is -0.480 e. The molecule has 0 spiro atoms. The van der Waals surface area contributed by atoms with Gasteiger partial charge in [0.1, 0.15) is 17.2 Å². The Bertz CT molecular complexity index is 588. The summed E-state index contributed by atoms with van der Waals surface area (Å²) in [5.41, 5.74) is 0.0230. The second-order valence-corrected chi connectivity index (χ2v) is 5.03. The number of aromatic nitrogens is 3. The predicted molar refractivity (Wildman–Crippen MR) is 71.0 cm³/mol. The summed E-state index contributed by atoms with van der Waals surface area (Å²) in [5, 5.41) is 17.5. The smallest absolute Gasteiger partial charge is 0.329 e. The lowest BCUT2D eigenvalue weighted by atomic mass is 10.0. The first-order valence-corrected chi connectivity index (χ1v) is 6.11. The van der Waals surface area contributed by atoms with Crippen LogP contribution in [0.4, 0.5) is 0 Å². The molecule has 0 fully saturated rings. The van der Waals surface area contributed by atoms with E-state index in [0.29, 0.717) is 18.1 Å². The van der Waals surface area contributed by atoms with Gasteiger partial charge in [0.2, 0.25) is 0 Å². The number of rotatable bonds is 4. The Labute approximate surface area is 111 Å². The standard InChI is InChI=1S/C14H17N3O2/c1-10-15-16-12(9-11-7-5-4-6-8-11)17(10)14(2,3)13(18)19/h4-8H,9H2,1-3H3,(H,18,19). The van der Waals surface area contributed by atoms with Crippen LogP contribution in [0.2, 0.25) is 0 Å². The van der Waals surface area contributed by atoms with Crippen molar-refractivity contribution in [2.75, 3.05) is 0 Å². The van der Waals surface area contributed by atoms with Crippen LogP contribution in [0.1, 0.15) is 31.1 Å². The van der Waals surface area contributed by atoms with Crippen molar-refractivity contribution in [1.29, 1.82) is 0 Å². The molecule has 0 amide bonds. The van der Waals surface area contributed by atoms with Gasteiger partial charge in [0.15, 0.2) is 0 Å². The van der Waals surface area contributed by atoms with Gasteiger partial charge in [0.05, 0.1) is 0 Å². The highest BCUT2D eigenvalue weighted by atomic mass is 16.4. The molecule has 0 aliphatic carbocycles. The van der Waals surface area contributed by atoms with Crippen molar-refractivity contribution in [3.8, 4) is 0 Å². The largest absolute Gasteiger partial charge is 0.480 e. The molecule has 0 saturated carbocycles. The van der Waals surface area contributed by atoms with Crippen molar-refractivity contribution >= 4 is 5.97 Å². The number of carboxylic acid groups (broad SMARTS) is 1. The summed E-state index contributed by atoms with van der Waals surface area (Å²) in [4.78, 5) is 11.4. The van der Waals surface area contributed by atoms with E-state index in [2.05, 4.69) is 10.2 Å². The zero-order valence-electron chi connectivity index (χ0n) is 11.3. The molecule has 1 heterocycles. The molecule has 5 heteroatoms. The van der Waals surface area contributed by atoms with Crippen LogP contribution in [0.3, 0.4) is 0 Å². The lowest BCUT2D eigenvalue weighted by Crippen LogP contribution is -2.37. The predicted octanol–water partition coefficient (Wildman–Crippen LogP) is 2.00. The van der Waals surface area contributed by atoms with E-state index in [9.17, 15) is 9.90 Å². The fraction of sp³-hybridized carbons (Fsp3) is 0.357. The molecule has 0 unspecified atom stereocenters. The van der Waals surface area contributed by atoms with Gasteiger partial charge < -0.3 is 5.11 Å². The van der Waals surface area contributed by atoms with Crippen LogP contribution >= 0.6 is 0 Å². The minimum atomic E-state index is -1.06. The number of carboxylic acids is 1. The molecule has 1 aromatic heterocycles. The van der Waals surface area contributed by atoms with Crippen molar-refractivity contribution in [3.05, 3.63) is 47.5 Å². The summed E-state index contributed by atoms with van der Waals surface area (Å²) in [6.07, 6.45) is 0.568. The highest BCUT2D eigenvalue weighted by molar-refractivity contribution is 5.75. The minimum absolute atomic E-state index is 0.568. The van der Waals surface area contributed by atoms with Gasteiger partial charge in [0, 0.05) is 6.42 Å². The lowest BCUT2D eigenvalue weighted by Gasteiger charge is -2.24. The Morgan fingerprint density at radius 3 is 2.47 bits per heavy atom. The van der Waals surface area contributed by atoms with Crippen molar-refractivity contribution in [1.82, 2.24) is 14.8 Å². The molecule has 2 rings (SSSR count). The van der Waals surface area contributed by atoms with Crippen molar-refractivity contribution < 1.29 is 9.90 Å². The van der Waals surface area contributed by atoms with Gasteiger partial charge >= 0.3 is 5.97 Å². The number of benzene rings is 1. The van der Waals surface area contributed by atoms with Gasteiger partial charge in [-0.3, -0.25) is 4.57 Å². The summed E-state index contributed by atoms with van der Waals surface area (Å²) >= 11 is 0. The summed E-state index contributed by atoms with van der Waals surface area (Å²) in [7, 11) is 0. The van der Waals surface area contributed by atoms with Crippen LogP contribution < -0.4 is 0 Å². The van der Waals surface area contributed by atoms with Gasteiger partial charge in [-0.15, -0.1) is 10.2 Å². The maximum atomic E-state index is 11.4. The average molecular weight is 259 g/mol. The Morgan fingerprint density at radius 1 is 1.26 bits per heavy atom. The van der Waals surface area contributed by atoms with Crippen LogP contribution in [-0.4, -0.2) is 25.8 Å². The summed E-state index contributed by atoms with van der Waals surface area (Å²) in [6, 6.07) is 9.82. The van der Waals surface area contributed by atoms with Crippen LogP contribution in [0.5, 0.6) is 0 Å². The zero-order valence-corrected chi connectivity index (χ0v) is 11.3. The topological polar surface area (TPSA) is 68.0 Å². The number of aryl methyl sites for hydroxylation is 1. The van der Waals surface area contributed by atoms with Crippen molar-refractivity contribution in [2.24, 2.45) is 0 Å². The first kappa shape index (κ1) is 13.3. The third-order valence-corrected chi connectivity index (χ3v) is 3.18. The molecule has 0 aliphatic rings. The van der Waals surface area contributed by atoms with E-state index in [1.807, 2.05) is 30.3 Å². The maximum Gasteiger partial charge on any atom is 0.329 e. The Balaban J connectivity index is 2.41. The van der Waals surface area contributed by atoms with Crippen LogP contribution in [0.15, 0.2) is 30.3 Å². The third kappa shape index (κ3) is 2.50. The maximum absolute atomic E-state index is 11.4. The van der Waals surface area contributed by atoms with E-state index in [1.165, 1.54) is 0 Å². The molecule has 2 aromatic rings. The number of nitrogens with zero attached hydrogens (tertiary/aromatic N) is 3. The number of carbonyl (C=O) groups is 1. The van der Waals surface area contributed by atoms with E-state index in [1.54, 1.807) is 25.3 Å². The molecule has 0 radical (unpaired) electrons. The SMILES string of the molecule is Cc1nnc(Cc2ccccc2)n1C(C)(C)C(=O)O.